The van der Waals surface area contributed by atoms with Gasteiger partial charge in [-0.25, -0.2) is 4.68 Å². The van der Waals surface area contributed by atoms with Crippen molar-refractivity contribution in [1.82, 2.24) is 19.9 Å². The Bertz CT molecular complexity index is 1610. The fraction of sp³-hybridized carbons (Fsp3) is 0.394. The van der Waals surface area contributed by atoms with Crippen LogP contribution in [-0.4, -0.2) is 43.4 Å². The highest BCUT2D eigenvalue weighted by atomic mass is 16.4. The summed E-state index contributed by atoms with van der Waals surface area (Å²) in [4.78, 5) is 27.7. The lowest BCUT2D eigenvalue weighted by atomic mass is 9.83. The largest absolute Gasteiger partial charge is 0.481 e. The van der Waals surface area contributed by atoms with Crippen molar-refractivity contribution >= 4 is 22.9 Å². The number of hydrogen-bond donors (Lipinski definition) is 1. The normalized spacial score (nSPS) is 17.6. The van der Waals surface area contributed by atoms with E-state index in [4.69, 9.17) is 0 Å². The second kappa shape index (κ2) is 10.9. The van der Waals surface area contributed by atoms with E-state index in [-0.39, 0.29) is 18.2 Å². The molecule has 1 unspecified atom stereocenters. The molecule has 3 aromatic carbocycles. The van der Waals surface area contributed by atoms with Crippen LogP contribution in [0.5, 0.6) is 0 Å². The molecule has 0 aliphatic carbocycles. The highest BCUT2D eigenvalue weighted by Crippen LogP contribution is 2.35. The third kappa shape index (κ3) is 4.89. The molecule has 7 heteroatoms. The van der Waals surface area contributed by atoms with E-state index in [1.54, 1.807) is 0 Å². The minimum atomic E-state index is -0.844. The lowest BCUT2D eigenvalue weighted by molar-refractivity contribution is -0.137. The van der Waals surface area contributed by atoms with Crippen LogP contribution in [0.4, 0.5) is 0 Å². The standard InChI is InChI=1S/C33H36N4O3/c1-3-23-17-22-7-5-4-6-15-37-30-13-12-27(21(2)32(30)34-35-37)29(19-31(38)39)25-10-9-24-14-16-36(20-26(24)18-25)33(40)28(23)11-8-22/h8-13,17-18,29H,3-7,14-16,19-20H2,1-2H3,(H,38,39). The van der Waals surface area contributed by atoms with Crippen LogP contribution < -0.4 is 0 Å². The Morgan fingerprint density at radius 2 is 1.88 bits per heavy atom. The Morgan fingerprint density at radius 1 is 1.00 bits per heavy atom. The molecule has 1 atom stereocenters. The molecule has 7 nitrogen and oxygen atoms in total. The maximum Gasteiger partial charge on any atom is 0.304 e. The second-order valence-corrected chi connectivity index (χ2v) is 11.3. The number of aliphatic carboxylic acids is 1. The molecule has 5 aliphatic rings. The van der Waals surface area contributed by atoms with Crippen LogP contribution in [0.3, 0.4) is 0 Å². The van der Waals surface area contributed by atoms with Gasteiger partial charge >= 0.3 is 5.97 Å². The third-order valence-corrected chi connectivity index (χ3v) is 8.79. The van der Waals surface area contributed by atoms with Crippen LogP contribution in [0.15, 0.2) is 48.5 Å². The van der Waals surface area contributed by atoms with Crippen molar-refractivity contribution in [2.75, 3.05) is 6.54 Å². The SMILES string of the molecule is CCc1cc2ccc1C(=O)N1CCc3ccc(cc3C1)C(CC(=O)O)c1ccc3c(nnn3CCCCC2)c1C. The van der Waals surface area contributed by atoms with Crippen LogP contribution >= 0.6 is 0 Å². The fourth-order valence-electron chi connectivity index (χ4n) is 6.52. The summed E-state index contributed by atoms with van der Waals surface area (Å²) in [5.74, 6) is -1.09. The van der Waals surface area contributed by atoms with Gasteiger partial charge in [0.1, 0.15) is 5.52 Å². The summed E-state index contributed by atoms with van der Waals surface area (Å²) in [6.45, 7) is 6.14. The first-order valence-electron chi connectivity index (χ1n) is 14.5. The summed E-state index contributed by atoms with van der Waals surface area (Å²) in [5, 5.41) is 18.9. The number of carbonyl (C=O) groups excluding carboxylic acids is 1. The topological polar surface area (TPSA) is 88.3 Å². The number of aromatic nitrogens is 3. The predicted molar refractivity (Wildman–Crippen MR) is 155 cm³/mol. The summed E-state index contributed by atoms with van der Waals surface area (Å²) < 4.78 is 1.98. The van der Waals surface area contributed by atoms with E-state index in [0.29, 0.717) is 13.1 Å². The number of carbonyl (C=O) groups is 2. The molecule has 0 spiro atoms. The van der Waals surface area contributed by atoms with Crippen molar-refractivity contribution in [2.45, 2.75) is 77.8 Å². The van der Waals surface area contributed by atoms with Gasteiger partial charge in [-0.1, -0.05) is 55.0 Å². The van der Waals surface area contributed by atoms with Crippen LogP contribution in [0.1, 0.15) is 87.8 Å². The quantitative estimate of drug-likeness (QED) is 0.356. The molecule has 0 saturated heterocycles. The van der Waals surface area contributed by atoms with E-state index in [1.807, 2.05) is 28.6 Å². The zero-order valence-corrected chi connectivity index (χ0v) is 23.3. The number of carboxylic acid groups (broad SMARTS) is 1. The van der Waals surface area contributed by atoms with Gasteiger partial charge in [-0.15, -0.1) is 5.10 Å². The van der Waals surface area contributed by atoms with E-state index in [2.05, 4.69) is 53.6 Å². The Morgan fingerprint density at radius 3 is 2.70 bits per heavy atom. The monoisotopic (exact) mass is 536 g/mol. The second-order valence-electron chi connectivity index (χ2n) is 11.3. The van der Waals surface area contributed by atoms with Crippen molar-refractivity contribution in [3.8, 4) is 0 Å². The Balaban J connectivity index is 1.45. The Labute approximate surface area is 234 Å². The van der Waals surface area contributed by atoms with Crippen LogP contribution in [-0.2, 0) is 37.1 Å². The fourth-order valence-corrected chi connectivity index (χ4v) is 6.52. The van der Waals surface area contributed by atoms with E-state index in [9.17, 15) is 14.7 Å². The summed E-state index contributed by atoms with van der Waals surface area (Å²) in [5.41, 5.74) is 10.2. The average molecular weight is 537 g/mol. The van der Waals surface area contributed by atoms with Gasteiger partial charge in [0, 0.05) is 31.1 Å². The molecule has 9 rings (SSSR count). The number of hydrogen-bond acceptors (Lipinski definition) is 4. The molecule has 0 radical (unpaired) electrons. The molecule has 206 valence electrons. The first kappa shape index (κ1) is 26.2. The predicted octanol–water partition coefficient (Wildman–Crippen LogP) is 5.83. The van der Waals surface area contributed by atoms with Gasteiger partial charge < -0.3 is 10.0 Å². The number of carboxylic acids is 1. The van der Waals surface area contributed by atoms with Gasteiger partial charge in [0.15, 0.2) is 0 Å². The number of rotatable bonds is 3. The van der Waals surface area contributed by atoms with Crippen molar-refractivity contribution < 1.29 is 14.7 Å². The van der Waals surface area contributed by atoms with Crippen molar-refractivity contribution in [1.29, 1.82) is 0 Å². The van der Waals surface area contributed by atoms with Gasteiger partial charge in [-0.3, -0.25) is 9.59 Å². The number of nitrogens with zero attached hydrogens (tertiary/aromatic N) is 4. The Hall–Kier alpha value is -4.00. The first-order valence-corrected chi connectivity index (χ1v) is 14.5. The highest BCUT2D eigenvalue weighted by molar-refractivity contribution is 5.96. The molecular formula is C33H36N4O3. The molecule has 0 saturated carbocycles. The Kier molecular flexibility index (Phi) is 7.13. The molecule has 1 aromatic heterocycles. The van der Waals surface area contributed by atoms with Crippen LogP contribution in [0, 0.1) is 6.92 Å². The van der Waals surface area contributed by atoms with Crippen molar-refractivity contribution in [3.63, 3.8) is 0 Å². The number of benzene rings is 3. The van der Waals surface area contributed by atoms with E-state index < -0.39 is 5.97 Å². The van der Waals surface area contributed by atoms with Crippen LogP contribution in [0.2, 0.25) is 0 Å². The molecule has 5 aliphatic heterocycles. The highest BCUT2D eigenvalue weighted by Gasteiger charge is 2.27. The first-order chi connectivity index (χ1) is 19.4. The van der Waals surface area contributed by atoms with Gasteiger partial charge in [0.25, 0.3) is 5.91 Å². The van der Waals surface area contributed by atoms with Gasteiger partial charge in [-0.05, 0) is 90.1 Å². The average Bonchev–Trinajstić information content (AvgIpc) is 3.38. The molecular weight excluding hydrogens is 500 g/mol. The summed E-state index contributed by atoms with van der Waals surface area (Å²) in [6, 6.07) is 16.7. The summed E-state index contributed by atoms with van der Waals surface area (Å²) >= 11 is 0. The van der Waals surface area contributed by atoms with Crippen molar-refractivity contribution in [3.05, 3.63) is 93.0 Å². The molecule has 1 amide bonds. The van der Waals surface area contributed by atoms with E-state index in [1.165, 1.54) is 11.1 Å². The molecule has 6 heterocycles. The summed E-state index contributed by atoms with van der Waals surface area (Å²) in [6.07, 6.45) is 5.74. The van der Waals surface area contributed by atoms with Gasteiger partial charge in [0.05, 0.1) is 11.9 Å². The molecule has 1 N–H and O–H groups in total. The maximum absolute atomic E-state index is 13.7. The molecule has 4 aromatic rings. The molecule has 9 bridgehead atoms. The number of aryl methyl sites for hydroxylation is 4. The molecule has 40 heavy (non-hydrogen) atoms. The van der Waals surface area contributed by atoms with Crippen LogP contribution in [0.25, 0.3) is 11.0 Å². The van der Waals surface area contributed by atoms with E-state index in [0.717, 1.165) is 89.5 Å². The summed E-state index contributed by atoms with van der Waals surface area (Å²) in [7, 11) is 0. The molecule has 0 fully saturated rings. The van der Waals surface area contributed by atoms with Crippen molar-refractivity contribution in [2.24, 2.45) is 0 Å². The van der Waals surface area contributed by atoms with E-state index >= 15 is 0 Å². The zero-order chi connectivity index (χ0) is 27.8. The minimum absolute atomic E-state index is 0.0197. The third-order valence-electron chi connectivity index (χ3n) is 8.79. The minimum Gasteiger partial charge on any atom is -0.481 e. The lowest BCUT2D eigenvalue weighted by Crippen LogP contribution is -2.36. The smallest absolute Gasteiger partial charge is 0.304 e. The van der Waals surface area contributed by atoms with Gasteiger partial charge in [-0.2, -0.15) is 0 Å². The maximum atomic E-state index is 13.7. The number of amides is 1. The lowest BCUT2D eigenvalue weighted by Gasteiger charge is -2.31. The zero-order valence-electron chi connectivity index (χ0n) is 23.3. The van der Waals surface area contributed by atoms with Gasteiger partial charge in [0.2, 0.25) is 0 Å².